The molecule has 150 valence electrons. The Labute approximate surface area is 175 Å². The summed E-state index contributed by atoms with van der Waals surface area (Å²) in [6, 6.07) is 17.0. The minimum Gasteiger partial charge on any atom is -0.334 e. The summed E-state index contributed by atoms with van der Waals surface area (Å²) in [7, 11) is -1.43. The van der Waals surface area contributed by atoms with E-state index in [0.29, 0.717) is 0 Å². The Morgan fingerprint density at radius 3 is 2.38 bits per heavy atom. The first-order chi connectivity index (χ1) is 13.8. The highest BCUT2D eigenvalue weighted by molar-refractivity contribution is 7.90. The number of fused-ring (bicyclic) bond motifs is 3. The van der Waals surface area contributed by atoms with Crippen LogP contribution in [0.2, 0.25) is 0 Å². The average Bonchev–Trinajstić information content (AvgIpc) is 3.16. The molecular weight excluding hydrogens is 402 g/mol. The monoisotopic (exact) mass is 425 g/mol. The number of hydrogen-bond acceptors (Lipinski definition) is 4. The highest BCUT2D eigenvalue weighted by Crippen LogP contribution is 2.40. The molecule has 4 nitrogen and oxygen atoms in total. The van der Waals surface area contributed by atoms with Crippen molar-refractivity contribution in [1.82, 2.24) is 4.90 Å². The van der Waals surface area contributed by atoms with E-state index in [1.807, 2.05) is 19.1 Å². The summed E-state index contributed by atoms with van der Waals surface area (Å²) in [5.41, 5.74) is 4.73. The summed E-state index contributed by atoms with van der Waals surface area (Å²) in [6.07, 6.45) is 3.16. The summed E-state index contributed by atoms with van der Waals surface area (Å²) in [5, 5.41) is 0. The van der Waals surface area contributed by atoms with Gasteiger partial charge in [-0.2, -0.15) is 0 Å². The number of benzene rings is 2. The average molecular weight is 426 g/mol. The molecule has 29 heavy (non-hydrogen) atoms. The van der Waals surface area contributed by atoms with Crippen molar-refractivity contribution < 1.29 is 13.2 Å². The van der Waals surface area contributed by atoms with Crippen molar-refractivity contribution in [2.24, 2.45) is 0 Å². The Kier molecular flexibility index (Phi) is 5.09. The third kappa shape index (κ3) is 3.74. The maximum atomic E-state index is 13.2. The smallest absolute Gasteiger partial charge is 0.264 e. The number of carbonyl (C=O) groups excluding carboxylic acids is 1. The van der Waals surface area contributed by atoms with Gasteiger partial charge >= 0.3 is 0 Å². The van der Waals surface area contributed by atoms with Crippen molar-refractivity contribution in [2.75, 3.05) is 13.3 Å². The highest BCUT2D eigenvalue weighted by atomic mass is 32.2. The van der Waals surface area contributed by atoms with Gasteiger partial charge in [0.25, 0.3) is 5.91 Å². The van der Waals surface area contributed by atoms with Crippen LogP contribution in [0.15, 0.2) is 59.5 Å². The number of thiophene rings is 1. The van der Waals surface area contributed by atoms with Gasteiger partial charge in [-0.25, -0.2) is 8.42 Å². The zero-order chi connectivity index (χ0) is 20.8. The zero-order valence-electron chi connectivity index (χ0n) is 16.7. The lowest BCUT2D eigenvalue weighted by atomic mass is 9.91. The van der Waals surface area contributed by atoms with Crippen LogP contribution in [0.25, 0.3) is 10.4 Å². The Morgan fingerprint density at radius 2 is 1.69 bits per heavy atom. The molecule has 0 N–H and O–H groups in total. The largest absolute Gasteiger partial charge is 0.334 e. The van der Waals surface area contributed by atoms with Crippen molar-refractivity contribution in [3.8, 4) is 10.4 Å². The molecule has 1 aliphatic rings. The van der Waals surface area contributed by atoms with Crippen LogP contribution in [0.3, 0.4) is 0 Å². The molecule has 0 bridgehead atoms. The van der Waals surface area contributed by atoms with Crippen LogP contribution in [0.1, 0.15) is 39.3 Å². The maximum Gasteiger partial charge on any atom is 0.264 e. The zero-order valence-corrected chi connectivity index (χ0v) is 18.3. The SMILES string of the molecule is C[C@H](c1ccc(S(C)(=O)=O)cc1)N(C)C(=O)c1cc2c(s1)-c1ccccc1CC2. The summed E-state index contributed by atoms with van der Waals surface area (Å²) < 4.78 is 23.3. The lowest BCUT2D eigenvalue weighted by Crippen LogP contribution is -2.29. The molecule has 0 saturated heterocycles. The first kappa shape index (κ1) is 19.9. The summed E-state index contributed by atoms with van der Waals surface area (Å²) in [6.45, 7) is 1.95. The Balaban J connectivity index is 1.58. The second kappa shape index (κ2) is 7.43. The molecule has 0 fully saturated rings. The van der Waals surface area contributed by atoms with Gasteiger partial charge in [-0.3, -0.25) is 4.79 Å². The van der Waals surface area contributed by atoms with Crippen LogP contribution in [-0.4, -0.2) is 32.5 Å². The second-order valence-electron chi connectivity index (χ2n) is 7.56. The van der Waals surface area contributed by atoms with Crippen molar-refractivity contribution in [3.63, 3.8) is 0 Å². The van der Waals surface area contributed by atoms with Crippen LogP contribution >= 0.6 is 11.3 Å². The summed E-state index contributed by atoms with van der Waals surface area (Å²) >= 11 is 1.56. The first-order valence-corrected chi connectivity index (χ1v) is 12.2. The van der Waals surface area contributed by atoms with Gasteiger partial charge < -0.3 is 4.90 Å². The van der Waals surface area contributed by atoms with Gasteiger partial charge in [0.2, 0.25) is 0 Å². The van der Waals surface area contributed by atoms with Crippen molar-refractivity contribution in [2.45, 2.75) is 30.7 Å². The lowest BCUT2D eigenvalue weighted by Gasteiger charge is -2.25. The van der Waals surface area contributed by atoms with E-state index >= 15 is 0 Å². The van der Waals surface area contributed by atoms with E-state index in [2.05, 4.69) is 18.2 Å². The van der Waals surface area contributed by atoms with E-state index < -0.39 is 9.84 Å². The van der Waals surface area contributed by atoms with E-state index in [-0.39, 0.29) is 16.8 Å². The number of aryl methyl sites for hydroxylation is 2. The maximum absolute atomic E-state index is 13.2. The summed E-state index contributed by atoms with van der Waals surface area (Å²) in [5.74, 6) is -0.0124. The molecule has 1 amide bonds. The fourth-order valence-corrected chi connectivity index (χ4v) is 5.63. The topological polar surface area (TPSA) is 54.5 Å². The van der Waals surface area contributed by atoms with Crippen molar-refractivity contribution >= 4 is 27.1 Å². The van der Waals surface area contributed by atoms with E-state index in [0.717, 1.165) is 23.3 Å². The molecule has 0 radical (unpaired) electrons. The lowest BCUT2D eigenvalue weighted by molar-refractivity contribution is 0.0747. The molecule has 0 saturated carbocycles. The van der Waals surface area contributed by atoms with E-state index in [1.54, 1.807) is 47.5 Å². The highest BCUT2D eigenvalue weighted by Gasteiger charge is 2.25. The van der Waals surface area contributed by atoms with Gasteiger partial charge in [0.05, 0.1) is 15.8 Å². The molecular formula is C23H23NO3S2. The normalized spacial score (nSPS) is 14.0. The fourth-order valence-electron chi connectivity index (χ4n) is 3.74. The molecule has 1 aliphatic carbocycles. The molecule has 1 atom stereocenters. The molecule has 0 unspecified atom stereocenters. The van der Waals surface area contributed by atoms with Crippen LogP contribution in [-0.2, 0) is 22.7 Å². The van der Waals surface area contributed by atoms with Gasteiger partial charge in [-0.1, -0.05) is 36.4 Å². The van der Waals surface area contributed by atoms with Crippen LogP contribution in [0, 0.1) is 0 Å². The van der Waals surface area contributed by atoms with Crippen LogP contribution < -0.4 is 0 Å². The van der Waals surface area contributed by atoms with E-state index in [1.165, 1.54) is 27.8 Å². The number of hydrogen-bond donors (Lipinski definition) is 0. The van der Waals surface area contributed by atoms with Gasteiger partial charge in [0, 0.05) is 18.2 Å². The molecule has 3 aromatic rings. The molecule has 2 aromatic carbocycles. The number of sulfone groups is 1. The number of nitrogens with zero attached hydrogens (tertiary/aromatic N) is 1. The minimum atomic E-state index is -3.23. The van der Waals surface area contributed by atoms with E-state index in [9.17, 15) is 13.2 Å². The third-order valence-corrected chi connectivity index (χ3v) is 7.96. The fraction of sp³-hybridized carbons (Fsp3) is 0.261. The van der Waals surface area contributed by atoms with Crippen LogP contribution in [0.4, 0.5) is 0 Å². The minimum absolute atomic E-state index is 0.0124. The quantitative estimate of drug-likeness (QED) is 0.606. The van der Waals surface area contributed by atoms with Gasteiger partial charge in [0.1, 0.15) is 0 Å². The van der Waals surface area contributed by atoms with Crippen LogP contribution in [0.5, 0.6) is 0 Å². The van der Waals surface area contributed by atoms with Gasteiger partial charge in [0.15, 0.2) is 9.84 Å². The Bertz CT molecular complexity index is 1180. The molecule has 0 aliphatic heterocycles. The molecule has 0 spiro atoms. The van der Waals surface area contributed by atoms with E-state index in [4.69, 9.17) is 0 Å². The van der Waals surface area contributed by atoms with Gasteiger partial charge in [-0.05, 0) is 60.2 Å². The van der Waals surface area contributed by atoms with Crippen molar-refractivity contribution in [3.05, 3.63) is 76.2 Å². The number of rotatable bonds is 4. The van der Waals surface area contributed by atoms with Gasteiger partial charge in [-0.15, -0.1) is 11.3 Å². The third-order valence-electron chi connectivity index (χ3n) is 5.64. The summed E-state index contributed by atoms with van der Waals surface area (Å²) in [4.78, 5) is 17.1. The number of amides is 1. The molecule has 4 rings (SSSR count). The Morgan fingerprint density at radius 1 is 1.03 bits per heavy atom. The predicted octanol–water partition coefficient (Wildman–Crippen LogP) is 4.75. The first-order valence-electron chi connectivity index (χ1n) is 9.54. The van der Waals surface area contributed by atoms with Crippen molar-refractivity contribution in [1.29, 1.82) is 0 Å². The molecule has 1 aromatic heterocycles. The second-order valence-corrected chi connectivity index (χ2v) is 10.6. The number of carbonyl (C=O) groups is 1. The standard InChI is InChI=1S/C23H23NO3S2/c1-15(16-10-12-19(13-11-16)29(3,26)27)24(2)23(25)21-14-18-9-8-17-6-4-5-7-20(17)22(18)28-21/h4-7,10-15H,8-9H2,1-3H3/t15-/m1/s1. The molecule has 1 heterocycles. The predicted molar refractivity (Wildman–Crippen MR) is 117 cm³/mol. The Hall–Kier alpha value is -2.44. The molecule has 6 heteroatoms.